The van der Waals surface area contributed by atoms with Crippen LogP contribution in [0.3, 0.4) is 0 Å². The second kappa shape index (κ2) is 8.18. The average molecular weight is 404 g/mol. The molecule has 1 aliphatic heterocycles. The summed E-state index contributed by atoms with van der Waals surface area (Å²) in [4.78, 5) is 38.7. The van der Waals surface area contributed by atoms with Gasteiger partial charge in [-0.3, -0.25) is 9.59 Å². The van der Waals surface area contributed by atoms with Crippen molar-refractivity contribution < 1.29 is 23.9 Å². The van der Waals surface area contributed by atoms with Gasteiger partial charge in [0.1, 0.15) is 5.92 Å². The highest BCUT2D eigenvalue weighted by atomic mass is 35.5. The lowest BCUT2D eigenvalue weighted by Crippen LogP contribution is -2.58. The molecule has 1 fully saturated rings. The van der Waals surface area contributed by atoms with Crippen LogP contribution in [0, 0.1) is 5.92 Å². The minimum absolute atomic E-state index is 0.103. The van der Waals surface area contributed by atoms with Crippen LogP contribution >= 0.6 is 11.6 Å². The molecule has 8 nitrogen and oxygen atoms in total. The van der Waals surface area contributed by atoms with Crippen molar-refractivity contribution in [3.63, 3.8) is 0 Å². The number of nitrogens with one attached hydrogen (secondary N) is 2. The van der Waals surface area contributed by atoms with Crippen LogP contribution in [-0.2, 0) is 9.59 Å². The smallest absolute Gasteiger partial charge is 0.328 e. The fourth-order valence-corrected chi connectivity index (χ4v) is 3.01. The van der Waals surface area contributed by atoms with E-state index in [1.807, 2.05) is 0 Å². The first-order chi connectivity index (χ1) is 13.4. The van der Waals surface area contributed by atoms with Gasteiger partial charge in [0.2, 0.25) is 11.8 Å². The number of urea groups is 1. The summed E-state index contributed by atoms with van der Waals surface area (Å²) in [7, 11) is 2.92. The SMILES string of the molecule is COc1ccc(N2C(=O)NCC(C(=O)Nc3cccc(Cl)c3)C2=O)cc1OC. The molecule has 4 amide bonds. The van der Waals surface area contributed by atoms with Gasteiger partial charge >= 0.3 is 6.03 Å². The molecule has 0 aromatic heterocycles. The molecule has 1 saturated heterocycles. The first-order valence-electron chi connectivity index (χ1n) is 8.35. The number of methoxy groups -OCH3 is 2. The molecule has 2 aromatic rings. The highest BCUT2D eigenvalue weighted by Gasteiger charge is 2.39. The lowest BCUT2D eigenvalue weighted by atomic mass is 10.0. The average Bonchev–Trinajstić information content (AvgIpc) is 2.67. The van der Waals surface area contributed by atoms with Crippen LogP contribution in [0.5, 0.6) is 11.5 Å². The molecule has 146 valence electrons. The van der Waals surface area contributed by atoms with E-state index >= 15 is 0 Å². The van der Waals surface area contributed by atoms with Crippen LogP contribution in [0.1, 0.15) is 0 Å². The third-order valence-corrected chi connectivity index (χ3v) is 4.45. The Bertz CT molecular complexity index is 934. The van der Waals surface area contributed by atoms with Gasteiger partial charge in [-0.05, 0) is 30.3 Å². The van der Waals surface area contributed by atoms with Gasteiger partial charge in [-0.1, -0.05) is 17.7 Å². The molecular weight excluding hydrogens is 386 g/mol. The quantitative estimate of drug-likeness (QED) is 0.748. The van der Waals surface area contributed by atoms with Gasteiger partial charge in [0.15, 0.2) is 11.5 Å². The fourth-order valence-electron chi connectivity index (χ4n) is 2.82. The summed E-state index contributed by atoms with van der Waals surface area (Å²) in [5, 5.41) is 5.66. The molecule has 1 heterocycles. The highest BCUT2D eigenvalue weighted by molar-refractivity contribution is 6.31. The summed E-state index contributed by atoms with van der Waals surface area (Å²) in [6.07, 6.45) is 0. The van der Waals surface area contributed by atoms with E-state index in [0.717, 1.165) is 4.90 Å². The van der Waals surface area contributed by atoms with Crippen molar-refractivity contribution in [3.05, 3.63) is 47.5 Å². The summed E-state index contributed by atoms with van der Waals surface area (Å²) < 4.78 is 10.4. The van der Waals surface area contributed by atoms with E-state index in [-0.39, 0.29) is 12.2 Å². The lowest BCUT2D eigenvalue weighted by Gasteiger charge is -2.31. The van der Waals surface area contributed by atoms with Crippen molar-refractivity contribution in [2.45, 2.75) is 0 Å². The Morgan fingerprint density at radius 3 is 2.57 bits per heavy atom. The van der Waals surface area contributed by atoms with Gasteiger partial charge in [-0.15, -0.1) is 0 Å². The van der Waals surface area contributed by atoms with Crippen molar-refractivity contribution in [1.82, 2.24) is 5.32 Å². The van der Waals surface area contributed by atoms with Crippen molar-refractivity contribution in [1.29, 1.82) is 0 Å². The van der Waals surface area contributed by atoms with Gasteiger partial charge in [0.25, 0.3) is 0 Å². The molecule has 0 spiro atoms. The first-order valence-corrected chi connectivity index (χ1v) is 8.72. The maximum Gasteiger partial charge on any atom is 0.328 e. The van der Waals surface area contributed by atoms with Crippen LogP contribution in [0.2, 0.25) is 5.02 Å². The Balaban J connectivity index is 1.84. The molecule has 0 bridgehead atoms. The Morgan fingerprint density at radius 2 is 1.89 bits per heavy atom. The van der Waals surface area contributed by atoms with Crippen LogP contribution in [0.4, 0.5) is 16.2 Å². The van der Waals surface area contributed by atoms with E-state index in [9.17, 15) is 14.4 Å². The van der Waals surface area contributed by atoms with Gasteiger partial charge in [0, 0.05) is 23.3 Å². The molecule has 1 atom stereocenters. The van der Waals surface area contributed by atoms with Crippen LogP contribution in [-0.4, -0.2) is 38.6 Å². The standard InChI is InChI=1S/C19H18ClN3O5/c1-27-15-7-6-13(9-16(15)28-2)23-18(25)14(10-21-19(23)26)17(24)22-12-5-3-4-11(20)8-12/h3-9,14H,10H2,1-2H3,(H,21,26)(H,22,24). The number of nitrogens with zero attached hydrogens (tertiary/aromatic N) is 1. The van der Waals surface area contributed by atoms with Crippen LogP contribution in [0.15, 0.2) is 42.5 Å². The summed E-state index contributed by atoms with van der Waals surface area (Å²) in [6, 6.07) is 10.6. The van der Waals surface area contributed by atoms with Gasteiger partial charge in [-0.25, -0.2) is 9.69 Å². The van der Waals surface area contributed by atoms with Crippen LogP contribution < -0.4 is 25.0 Å². The largest absolute Gasteiger partial charge is 0.493 e. The maximum absolute atomic E-state index is 12.9. The molecular formula is C19H18ClN3O5. The van der Waals surface area contributed by atoms with E-state index < -0.39 is 23.8 Å². The van der Waals surface area contributed by atoms with Crippen LogP contribution in [0.25, 0.3) is 0 Å². The number of ether oxygens (including phenoxy) is 2. The number of hydrogen-bond donors (Lipinski definition) is 2. The van der Waals surface area contributed by atoms with Gasteiger partial charge in [0.05, 0.1) is 19.9 Å². The van der Waals surface area contributed by atoms with Crippen molar-refractivity contribution in [2.75, 3.05) is 31.0 Å². The predicted octanol–water partition coefficient (Wildman–Crippen LogP) is 2.67. The Morgan fingerprint density at radius 1 is 1.14 bits per heavy atom. The normalized spacial score (nSPS) is 16.4. The van der Waals surface area contributed by atoms with E-state index in [4.69, 9.17) is 21.1 Å². The molecule has 0 radical (unpaired) electrons. The van der Waals surface area contributed by atoms with Gasteiger partial charge < -0.3 is 20.1 Å². The monoisotopic (exact) mass is 403 g/mol. The second-order valence-corrected chi connectivity index (χ2v) is 6.39. The van der Waals surface area contributed by atoms with E-state index in [0.29, 0.717) is 22.2 Å². The molecule has 1 unspecified atom stereocenters. The number of halogens is 1. The van der Waals surface area contributed by atoms with E-state index in [2.05, 4.69) is 10.6 Å². The number of carbonyl (C=O) groups excluding carboxylic acids is 3. The van der Waals surface area contributed by atoms with Crippen molar-refractivity contribution in [3.8, 4) is 11.5 Å². The Kier molecular flexibility index (Phi) is 5.70. The molecule has 0 aliphatic carbocycles. The molecule has 0 saturated carbocycles. The predicted molar refractivity (Wildman–Crippen MR) is 104 cm³/mol. The maximum atomic E-state index is 12.9. The molecule has 28 heavy (non-hydrogen) atoms. The van der Waals surface area contributed by atoms with Gasteiger partial charge in [-0.2, -0.15) is 0 Å². The molecule has 9 heteroatoms. The zero-order chi connectivity index (χ0) is 20.3. The Labute approximate surface area is 166 Å². The molecule has 2 N–H and O–H groups in total. The third kappa shape index (κ3) is 3.86. The minimum atomic E-state index is -1.09. The second-order valence-electron chi connectivity index (χ2n) is 5.95. The highest BCUT2D eigenvalue weighted by Crippen LogP contribution is 2.32. The van der Waals surface area contributed by atoms with Crippen molar-refractivity contribution >= 4 is 40.8 Å². The number of carbonyl (C=O) groups is 3. The number of imide groups is 1. The minimum Gasteiger partial charge on any atom is -0.493 e. The Hall–Kier alpha value is -3.26. The first kappa shape index (κ1) is 19.5. The summed E-state index contributed by atoms with van der Waals surface area (Å²) in [6.45, 7) is -0.103. The van der Waals surface area contributed by atoms with E-state index in [1.165, 1.54) is 26.4 Å². The number of rotatable bonds is 5. The number of amides is 4. The van der Waals surface area contributed by atoms with Crippen molar-refractivity contribution in [2.24, 2.45) is 5.92 Å². The fraction of sp³-hybridized carbons (Fsp3) is 0.211. The number of hydrogen-bond acceptors (Lipinski definition) is 5. The number of benzene rings is 2. The zero-order valence-electron chi connectivity index (χ0n) is 15.2. The summed E-state index contributed by atoms with van der Waals surface area (Å²) in [5.41, 5.74) is 0.722. The molecule has 2 aromatic carbocycles. The zero-order valence-corrected chi connectivity index (χ0v) is 15.9. The summed E-state index contributed by atoms with van der Waals surface area (Å²) in [5.74, 6) is -1.48. The third-order valence-electron chi connectivity index (χ3n) is 4.21. The topological polar surface area (TPSA) is 97.0 Å². The van der Waals surface area contributed by atoms with E-state index in [1.54, 1.807) is 30.3 Å². The summed E-state index contributed by atoms with van der Waals surface area (Å²) >= 11 is 5.91. The number of anilines is 2. The molecule has 3 rings (SSSR count). The lowest BCUT2D eigenvalue weighted by molar-refractivity contribution is -0.130. The molecule has 1 aliphatic rings.